The van der Waals surface area contributed by atoms with Gasteiger partial charge in [-0.1, -0.05) is 119 Å². The molecule has 3 saturated heterocycles. The van der Waals surface area contributed by atoms with Gasteiger partial charge in [0.2, 0.25) is 0 Å². The summed E-state index contributed by atoms with van der Waals surface area (Å²) in [7, 11) is 0. The topological polar surface area (TPSA) is 18.5 Å². The van der Waals surface area contributed by atoms with E-state index in [0.29, 0.717) is 0 Å². The minimum Gasteiger partial charge on any atom is -1.00 e. The maximum atomic E-state index is 7.37. The van der Waals surface area contributed by atoms with Gasteiger partial charge >= 0.3 is 0 Å². The van der Waals surface area contributed by atoms with Gasteiger partial charge in [0.05, 0.1) is 37.0 Å². The SMILES string of the molecule is Cc1cccc(C2(c3cccc(C)c3)C[N+]3(CCCC3)CC(c3cccc(C)c3)(c3cccc(C)c3)[C@@H]3OC(C)(C)O[C@H]32)c1.[Br-]. The Bertz CT molecular complexity index is 1480. The molecule has 0 aliphatic carbocycles. The first kappa shape index (κ1) is 32.2. The molecule has 0 N–H and O–H groups in total. The van der Waals surface area contributed by atoms with Crippen molar-refractivity contribution in [3.05, 3.63) is 142 Å². The molecule has 3 aliphatic heterocycles. The molecule has 45 heavy (non-hydrogen) atoms. The molecule has 3 aliphatic rings. The summed E-state index contributed by atoms with van der Waals surface area (Å²) >= 11 is 0. The second-order valence-corrected chi connectivity index (χ2v) is 14.7. The monoisotopic (exact) mass is 665 g/mol. The number of nitrogens with zero attached hydrogens (tertiary/aromatic N) is 1. The van der Waals surface area contributed by atoms with Crippen LogP contribution in [0.4, 0.5) is 0 Å². The lowest BCUT2D eigenvalue weighted by molar-refractivity contribution is -0.922. The molecule has 4 aromatic carbocycles. The average molecular weight is 667 g/mol. The van der Waals surface area contributed by atoms with Gasteiger partial charge in [0, 0.05) is 12.8 Å². The summed E-state index contributed by atoms with van der Waals surface area (Å²) < 4.78 is 15.8. The van der Waals surface area contributed by atoms with Gasteiger partial charge in [-0.2, -0.15) is 0 Å². The van der Waals surface area contributed by atoms with E-state index >= 15 is 0 Å². The highest BCUT2D eigenvalue weighted by Gasteiger charge is 2.68. The quantitative estimate of drug-likeness (QED) is 0.274. The number of fused-ring (bicyclic) bond motifs is 1. The zero-order valence-corrected chi connectivity index (χ0v) is 29.4. The first-order chi connectivity index (χ1) is 21.1. The van der Waals surface area contributed by atoms with Gasteiger partial charge < -0.3 is 30.9 Å². The number of hydrogen-bond donors (Lipinski definition) is 0. The van der Waals surface area contributed by atoms with Crippen LogP contribution in [-0.4, -0.2) is 48.7 Å². The fourth-order valence-corrected chi connectivity index (χ4v) is 9.14. The average Bonchev–Trinajstić information content (AvgIpc) is 3.56. The van der Waals surface area contributed by atoms with Crippen LogP contribution in [0.15, 0.2) is 97.1 Å². The highest BCUT2D eigenvalue weighted by molar-refractivity contribution is 5.50. The van der Waals surface area contributed by atoms with Crippen molar-refractivity contribution in [3.63, 3.8) is 0 Å². The molecule has 2 atom stereocenters. The number of halogens is 1. The van der Waals surface area contributed by atoms with Gasteiger partial charge in [-0.05, 0) is 63.8 Å². The number of quaternary nitrogens is 1. The third-order valence-corrected chi connectivity index (χ3v) is 10.9. The Balaban J connectivity index is 0.00000357. The Labute approximate surface area is 280 Å². The molecule has 0 saturated carbocycles. The molecule has 0 aromatic heterocycles. The fraction of sp³-hybridized carbons (Fsp3) is 0.415. The molecular formula is C41H48BrNO2. The summed E-state index contributed by atoms with van der Waals surface area (Å²) in [5, 5.41) is 0. The number of benzene rings is 4. The Hall–Kier alpha value is -2.76. The van der Waals surface area contributed by atoms with Crippen molar-refractivity contribution in [1.82, 2.24) is 0 Å². The largest absolute Gasteiger partial charge is 1.00 e. The van der Waals surface area contributed by atoms with E-state index in [9.17, 15) is 0 Å². The van der Waals surface area contributed by atoms with Gasteiger partial charge in [0.1, 0.15) is 12.2 Å². The van der Waals surface area contributed by atoms with Crippen LogP contribution < -0.4 is 17.0 Å². The van der Waals surface area contributed by atoms with E-state index in [2.05, 4.69) is 139 Å². The van der Waals surface area contributed by atoms with Crippen LogP contribution in [0.1, 0.15) is 71.2 Å². The van der Waals surface area contributed by atoms with Crippen LogP contribution in [0.5, 0.6) is 0 Å². The number of hydrogen-bond acceptors (Lipinski definition) is 2. The molecular weight excluding hydrogens is 618 g/mol. The first-order valence-electron chi connectivity index (χ1n) is 16.5. The molecule has 0 amide bonds. The highest BCUT2D eigenvalue weighted by Crippen LogP contribution is 2.57. The Morgan fingerprint density at radius 1 is 0.533 bits per heavy atom. The lowest BCUT2D eigenvalue weighted by atomic mass is 9.62. The zero-order chi connectivity index (χ0) is 30.7. The second kappa shape index (κ2) is 11.8. The molecule has 0 bridgehead atoms. The van der Waals surface area contributed by atoms with Gasteiger partial charge in [0.25, 0.3) is 0 Å². The third-order valence-electron chi connectivity index (χ3n) is 10.9. The van der Waals surface area contributed by atoms with E-state index in [1.807, 2.05) is 0 Å². The van der Waals surface area contributed by atoms with E-state index in [1.54, 1.807) is 0 Å². The standard InChI is InChI=1S/C41H48NO2.BrH/c1-29-13-9-17-33(23-29)40(34-18-10-14-30(2)24-34)27-42(21-7-8-22-42)28-41(35-19-11-15-31(3)25-35,36-20-12-16-32(4)26-36)38-37(40)43-39(5,6)44-38;/h9-20,23-26,37-38H,7-8,21-22,27-28H2,1-6H3;1H/q+1;/p-1/t37-,38-;/m1./s1. The van der Waals surface area contributed by atoms with Gasteiger partial charge in [-0.3, -0.25) is 0 Å². The van der Waals surface area contributed by atoms with Crippen LogP contribution in [-0.2, 0) is 20.3 Å². The summed E-state index contributed by atoms with van der Waals surface area (Å²) in [6.45, 7) is 17.4. The molecule has 3 heterocycles. The molecule has 0 unspecified atom stereocenters. The molecule has 4 heteroatoms. The molecule has 236 valence electrons. The van der Waals surface area contributed by atoms with Crippen molar-refractivity contribution in [3.8, 4) is 0 Å². The summed E-state index contributed by atoms with van der Waals surface area (Å²) in [4.78, 5) is 0. The van der Waals surface area contributed by atoms with E-state index in [-0.39, 0.29) is 29.2 Å². The highest BCUT2D eigenvalue weighted by atomic mass is 79.9. The van der Waals surface area contributed by atoms with E-state index in [1.165, 1.54) is 70.4 Å². The lowest BCUT2D eigenvalue weighted by Gasteiger charge is -2.46. The lowest BCUT2D eigenvalue weighted by Crippen LogP contribution is -3.00. The fourth-order valence-electron chi connectivity index (χ4n) is 9.14. The van der Waals surface area contributed by atoms with Crippen molar-refractivity contribution in [2.24, 2.45) is 0 Å². The van der Waals surface area contributed by atoms with Crippen molar-refractivity contribution >= 4 is 0 Å². The molecule has 3 nitrogen and oxygen atoms in total. The minimum atomic E-state index is -0.736. The van der Waals surface area contributed by atoms with Crippen LogP contribution in [0.25, 0.3) is 0 Å². The number of rotatable bonds is 4. The van der Waals surface area contributed by atoms with E-state index in [4.69, 9.17) is 9.47 Å². The summed E-state index contributed by atoms with van der Waals surface area (Å²) in [6, 6.07) is 37.0. The van der Waals surface area contributed by atoms with E-state index < -0.39 is 16.6 Å². The zero-order valence-electron chi connectivity index (χ0n) is 27.8. The smallest absolute Gasteiger partial charge is 0.163 e. The normalized spacial score (nSPS) is 24.0. The van der Waals surface area contributed by atoms with E-state index in [0.717, 1.165) is 17.6 Å². The van der Waals surface area contributed by atoms with Crippen LogP contribution in [0, 0.1) is 27.7 Å². The predicted octanol–water partition coefficient (Wildman–Crippen LogP) is 5.34. The summed E-state index contributed by atoms with van der Waals surface area (Å²) in [5.74, 6) is -0.736. The molecule has 3 fully saturated rings. The predicted molar refractivity (Wildman–Crippen MR) is 179 cm³/mol. The number of ether oxygens (including phenoxy) is 2. The van der Waals surface area contributed by atoms with Crippen LogP contribution in [0.2, 0.25) is 0 Å². The first-order valence-corrected chi connectivity index (χ1v) is 16.5. The third kappa shape index (κ3) is 5.42. The molecule has 0 radical (unpaired) electrons. The molecule has 4 aromatic rings. The van der Waals surface area contributed by atoms with Crippen LogP contribution >= 0.6 is 0 Å². The minimum absolute atomic E-state index is 0. The van der Waals surface area contributed by atoms with Crippen LogP contribution in [0.3, 0.4) is 0 Å². The Morgan fingerprint density at radius 2 is 0.844 bits per heavy atom. The molecule has 7 rings (SSSR count). The summed E-state index contributed by atoms with van der Waals surface area (Å²) in [6.07, 6.45) is 2.08. The maximum absolute atomic E-state index is 7.37. The van der Waals surface area contributed by atoms with Crippen molar-refractivity contribution in [1.29, 1.82) is 0 Å². The maximum Gasteiger partial charge on any atom is 0.163 e. The van der Waals surface area contributed by atoms with Crippen molar-refractivity contribution < 1.29 is 30.9 Å². The van der Waals surface area contributed by atoms with Gasteiger partial charge in [-0.15, -0.1) is 0 Å². The Morgan fingerprint density at radius 3 is 1.13 bits per heavy atom. The summed E-state index contributed by atoms with van der Waals surface area (Å²) in [5.41, 5.74) is 9.68. The Kier molecular flexibility index (Phi) is 8.44. The van der Waals surface area contributed by atoms with Crippen molar-refractivity contribution in [2.45, 2.75) is 83.2 Å². The second-order valence-electron chi connectivity index (χ2n) is 14.7. The van der Waals surface area contributed by atoms with Gasteiger partial charge in [-0.25, -0.2) is 0 Å². The number of aryl methyl sites for hydroxylation is 4. The van der Waals surface area contributed by atoms with Gasteiger partial charge in [0.15, 0.2) is 5.79 Å². The molecule has 1 spiro atoms. The van der Waals surface area contributed by atoms with Crippen molar-refractivity contribution in [2.75, 3.05) is 26.2 Å².